The highest BCUT2D eigenvalue weighted by molar-refractivity contribution is 5.81. The fourth-order valence-electron chi connectivity index (χ4n) is 3.13. The quantitative estimate of drug-likeness (QED) is 0.703. The maximum Gasteiger partial charge on any atom is 0.237 e. The van der Waals surface area contributed by atoms with Gasteiger partial charge in [0.05, 0.1) is 19.7 Å². The molecular weight excluding hydrogens is 344 g/mol. The van der Waals surface area contributed by atoms with E-state index in [1.54, 1.807) is 7.11 Å². The molecule has 27 heavy (non-hydrogen) atoms. The highest BCUT2D eigenvalue weighted by Crippen LogP contribution is 2.11. The Hall–Kier alpha value is -2.12. The highest BCUT2D eigenvalue weighted by Gasteiger charge is 2.26. The third-order valence-corrected chi connectivity index (χ3v) is 4.78. The van der Waals surface area contributed by atoms with E-state index in [1.807, 2.05) is 45.0 Å². The van der Waals surface area contributed by atoms with Crippen molar-refractivity contribution in [2.75, 3.05) is 39.8 Å². The lowest BCUT2D eigenvalue weighted by molar-refractivity contribution is -0.128. The van der Waals surface area contributed by atoms with Gasteiger partial charge in [-0.25, -0.2) is 0 Å². The van der Waals surface area contributed by atoms with Gasteiger partial charge in [-0.1, -0.05) is 12.1 Å². The van der Waals surface area contributed by atoms with Gasteiger partial charge in [-0.15, -0.1) is 0 Å². The first-order valence-electron chi connectivity index (χ1n) is 9.55. The van der Waals surface area contributed by atoms with E-state index in [9.17, 15) is 9.59 Å². The lowest BCUT2D eigenvalue weighted by Crippen LogP contribution is -2.55. The van der Waals surface area contributed by atoms with Gasteiger partial charge < -0.3 is 15.4 Å². The zero-order valence-corrected chi connectivity index (χ0v) is 16.8. The van der Waals surface area contributed by atoms with E-state index in [4.69, 9.17) is 4.74 Å². The molecule has 1 heterocycles. The van der Waals surface area contributed by atoms with Crippen LogP contribution in [0.4, 0.5) is 0 Å². The Bertz CT molecular complexity index is 610. The number of piperazine rings is 1. The summed E-state index contributed by atoms with van der Waals surface area (Å²) >= 11 is 0. The molecule has 1 saturated heterocycles. The maximum atomic E-state index is 12.5. The van der Waals surface area contributed by atoms with E-state index < -0.39 is 0 Å². The zero-order valence-electron chi connectivity index (χ0n) is 16.8. The van der Waals surface area contributed by atoms with E-state index >= 15 is 0 Å². The van der Waals surface area contributed by atoms with Crippen LogP contribution in [-0.2, 0) is 16.1 Å². The molecule has 1 atom stereocenters. The number of carbonyl (C=O) groups is 2. The first-order chi connectivity index (χ1) is 12.9. The number of rotatable bonds is 8. The van der Waals surface area contributed by atoms with Crippen molar-refractivity contribution in [2.24, 2.45) is 0 Å². The molecular formula is C20H32N4O3. The van der Waals surface area contributed by atoms with Gasteiger partial charge in [0.1, 0.15) is 5.75 Å². The van der Waals surface area contributed by atoms with Crippen LogP contribution in [0.3, 0.4) is 0 Å². The molecule has 1 aromatic rings. The van der Waals surface area contributed by atoms with Crippen LogP contribution in [0.5, 0.6) is 5.75 Å². The molecule has 7 heteroatoms. The van der Waals surface area contributed by atoms with Gasteiger partial charge in [0, 0.05) is 38.8 Å². The van der Waals surface area contributed by atoms with Crippen molar-refractivity contribution >= 4 is 11.8 Å². The van der Waals surface area contributed by atoms with E-state index in [0.717, 1.165) is 37.5 Å². The van der Waals surface area contributed by atoms with Gasteiger partial charge in [0.25, 0.3) is 0 Å². The number of hydrogen-bond acceptors (Lipinski definition) is 5. The van der Waals surface area contributed by atoms with Gasteiger partial charge in [0.15, 0.2) is 0 Å². The molecule has 2 N–H and O–H groups in total. The van der Waals surface area contributed by atoms with E-state index in [1.165, 1.54) is 0 Å². The minimum Gasteiger partial charge on any atom is -0.497 e. The second kappa shape index (κ2) is 10.3. The van der Waals surface area contributed by atoms with Gasteiger partial charge in [-0.3, -0.25) is 19.4 Å². The zero-order chi connectivity index (χ0) is 19.8. The summed E-state index contributed by atoms with van der Waals surface area (Å²) in [5.74, 6) is 0.888. The van der Waals surface area contributed by atoms with Gasteiger partial charge >= 0.3 is 0 Å². The summed E-state index contributed by atoms with van der Waals surface area (Å²) in [7, 11) is 1.63. The summed E-state index contributed by atoms with van der Waals surface area (Å²) in [6.07, 6.45) is 0. The number of nitrogens with one attached hydrogen (secondary N) is 2. The minimum absolute atomic E-state index is 0.0248. The average Bonchev–Trinajstić information content (AvgIpc) is 2.65. The molecule has 2 amide bonds. The van der Waals surface area contributed by atoms with Crippen LogP contribution in [0, 0.1) is 0 Å². The fourth-order valence-corrected chi connectivity index (χ4v) is 3.13. The number of amides is 2. The second-order valence-corrected chi connectivity index (χ2v) is 7.28. The number of hydrogen-bond donors (Lipinski definition) is 2. The molecule has 1 aliphatic rings. The lowest BCUT2D eigenvalue weighted by atomic mass is 10.2. The van der Waals surface area contributed by atoms with Crippen LogP contribution in [0.2, 0.25) is 0 Å². The van der Waals surface area contributed by atoms with Crippen molar-refractivity contribution in [1.82, 2.24) is 20.4 Å². The molecule has 0 bridgehead atoms. The number of methoxy groups -OCH3 is 1. The Morgan fingerprint density at radius 1 is 1.07 bits per heavy atom. The van der Waals surface area contributed by atoms with Crippen LogP contribution >= 0.6 is 0 Å². The van der Waals surface area contributed by atoms with Gasteiger partial charge in [-0.2, -0.15) is 0 Å². The topological polar surface area (TPSA) is 73.9 Å². The molecule has 0 aliphatic carbocycles. The Labute approximate surface area is 162 Å². The first-order valence-corrected chi connectivity index (χ1v) is 9.55. The average molecular weight is 377 g/mol. The normalized spacial score (nSPS) is 16.8. The molecule has 0 unspecified atom stereocenters. The van der Waals surface area contributed by atoms with Crippen molar-refractivity contribution in [1.29, 1.82) is 0 Å². The Morgan fingerprint density at radius 2 is 1.70 bits per heavy atom. The van der Waals surface area contributed by atoms with Gasteiger partial charge in [0.2, 0.25) is 11.8 Å². The van der Waals surface area contributed by atoms with Crippen molar-refractivity contribution in [3.63, 3.8) is 0 Å². The van der Waals surface area contributed by atoms with Crippen LogP contribution in [0.25, 0.3) is 0 Å². The predicted molar refractivity (Wildman–Crippen MR) is 106 cm³/mol. The number of carbonyl (C=O) groups excluding carboxylic acids is 2. The fraction of sp³-hybridized carbons (Fsp3) is 0.600. The summed E-state index contributed by atoms with van der Waals surface area (Å²) < 4.78 is 5.14. The molecule has 1 aromatic carbocycles. The van der Waals surface area contributed by atoms with Crippen molar-refractivity contribution in [3.05, 3.63) is 29.8 Å². The van der Waals surface area contributed by atoms with Crippen LogP contribution < -0.4 is 15.4 Å². The standard InChI is InChI=1S/C20H32N4O3/c1-15(2)22-19(25)14-23-9-11-24(12-10-23)16(3)20(26)21-13-17-5-7-18(27-4)8-6-17/h5-8,15-16H,9-14H2,1-4H3,(H,21,26)(H,22,25)/t16-/m1/s1. The van der Waals surface area contributed by atoms with Gasteiger partial charge in [-0.05, 0) is 38.5 Å². The number of benzene rings is 1. The lowest BCUT2D eigenvalue weighted by Gasteiger charge is -2.37. The molecule has 0 spiro atoms. The smallest absolute Gasteiger partial charge is 0.237 e. The summed E-state index contributed by atoms with van der Waals surface area (Å²) in [5, 5.41) is 5.91. The highest BCUT2D eigenvalue weighted by atomic mass is 16.5. The van der Waals surface area contributed by atoms with Crippen molar-refractivity contribution < 1.29 is 14.3 Å². The Balaban J connectivity index is 1.73. The monoisotopic (exact) mass is 376 g/mol. The third-order valence-electron chi connectivity index (χ3n) is 4.78. The Kier molecular flexibility index (Phi) is 8.06. The van der Waals surface area contributed by atoms with Crippen molar-refractivity contribution in [2.45, 2.75) is 39.4 Å². The van der Waals surface area contributed by atoms with Crippen LogP contribution in [0.15, 0.2) is 24.3 Å². The van der Waals surface area contributed by atoms with E-state index in [0.29, 0.717) is 13.1 Å². The summed E-state index contributed by atoms with van der Waals surface area (Å²) in [4.78, 5) is 28.6. The Morgan fingerprint density at radius 3 is 2.26 bits per heavy atom. The van der Waals surface area contributed by atoms with E-state index in [2.05, 4.69) is 20.4 Å². The van der Waals surface area contributed by atoms with E-state index in [-0.39, 0.29) is 23.9 Å². The molecule has 1 aliphatic heterocycles. The molecule has 0 radical (unpaired) electrons. The SMILES string of the molecule is COc1ccc(CNC(=O)[C@@H](C)N2CCN(CC(=O)NC(C)C)CC2)cc1. The third kappa shape index (κ3) is 6.84. The number of ether oxygens (including phenoxy) is 1. The first kappa shape index (κ1) is 21.2. The molecule has 150 valence electrons. The van der Waals surface area contributed by atoms with Crippen LogP contribution in [-0.4, -0.2) is 73.5 Å². The second-order valence-electron chi connectivity index (χ2n) is 7.28. The molecule has 0 aromatic heterocycles. The summed E-state index contributed by atoms with van der Waals surface area (Å²) in [5.41, 5.74) is 1.04. The van der Waals surface area contributed by atoms with Crippen LogP contribution in [0.1, 0.15) is 26.3 Å². The summed E-state index contributed by atoms with van der Waals surface area (Å²) in [6.45, 7) is 9.93. The predicted octanol–water partition coefficient (Wildman–Crippen LogP) is 0.842. The molecule has 2 rings (SSSR count). The molecule has 7 nitrogen and oxygen atoms in total. The summed E-state index contributed by atoms with van der Waals surface area (Å²) in [6, 6.07) is 7.65. The number of nitrogens with zero attached hydrogens (tertiary/aromatic N) is 2. The maximum absolute atomic E-state index is 12.5. The van der Waals surface area contributed by atoms with Crippen molar-refractivity contribution in [3.8, 4) is 5.75 Å². The molecule has 1 fully saturated rings. The molecule has 0 saturated carbocycles. The minimum atomic E-state index is -0.185. The largest absolute Gasteiger partial charge is 0.497 e.